The highest BCUT2D eigenvalue weighted by atomic mass is 32.2. The summed E-state index contributed by atoms with van der Waals surface area (Å²) < 4.78 is 29.2. The molecule has 158 valence electrons. The summed E-state index contributed by atoms with van der Waals surface area (Å²) >= 11 is 0. The maximum atomic E-state index is 13.8. The topological polar surface area (TPSA) is 60.9 Å². The minimum absolute atomic E-state index is 0.0142. The van der Waals surface area contributed by atoms with Gasteiger partial charge in [0.05, 0.1) is 10.6 Å². The van der Waals surface area contributed by atoms with Gasteiger partial charge < -0.3 is 4.90 Å². The summed E-state index contributed by atoms with van der Waals surface area (Å²) in [5.74, 6) is -0.0142. The molecule has 1 amide bonds. The van der Waals surface area contributed by atoms with Crippen molar-refractivity contribution in [1.29, 1.82) is 0 Å². The van der Waals surface area contributed by atoms with Gasteiger partial charge in [-0.15, -0.1) is 0 Å². The summed E-state index contributed by atoms with van der Waals surface area (Å²) in [6.07, 6.45) is 2.80. The largest absolute Gasteiger partial charge is 0.309 e. The van der Waals surface area contributed by atoms with Gasteiger partial charge in [-0.05, 0) is 68.1 Å². The Hall–Kier alpha value is -2.38. The number of anilines is 2. The number of hydrogen-bond donors (Lipinski definition) is 0. The highest BCUT2D eigenvalue weighted by Gasteiger charge is 2.37. The van der Waals surface area contributed by atoms with Gasteiger partial charge in [0.25, 0.3) is 10.0 Å². The molecule has 1 saturated heterocycles. The second kappa shape index (κ2) is 7.10. The number of carbonyl (C=O) groups excluding carboxylic acids is 1. The molecule has 0 saturated carbocycles. The first-order valence-electron chi connectivity index (χ1n) is 10.6. The summed E-state index contributed by atoms with van der Waals surface area (Å²) in [6.45, 7) is 5.84. The predicted octanol–water partition coefficient (Wildman–Crippen LogP) is 3.16. The number of para-hydroxylation sites is 1. The van der Waals surface area contributed by atoms with E-state index in [4.69, 9.17) is 0 Å². The van der Waals surface area contributed by atoms with Gasteiger partial charge in [-0.2, -0.15) is 0 Å². The third-order valence-corrected chi connectivity index (χ3v) is 8.48. The second-order valence-corrected chi connectivity index (χ2v) is 10.5. The molecule has 6 nitrogen and oxygen atoms in total. The zero-order chi connectivity index (χ0) is 21.0. The lowest BCUT2D eigenvalue weighted by Gasteiger charge is -2.28. The van der Waals surface area contributed by atoms with Gasteiger partial charge in [-0.1, -0.05) is 18.2 Å². The molecule has 3 aliphatic heterocycles. The average Bonchev–Trinajstić information content (AvgIpc) is 3.24. The van der Waals surface area contributed by atoms with Crippen molar-refractivity contribution < 1.29 is 13.2 Å². The van der Waals surface area contributed by atoms with E-state index >= 15 is 0 Å². The molecule has 0 spiro atoms. The Morgan fingerprint density at radius 2 is 1.87 bits per heavy atom. The van der Waals surface area contributed by atoms with Gasteiger partial charge in [0.15, 0.2) is 0 Å². The smallest absolute Gasteiger partial charge is 0.264 e. The van der Waals surface area contributed by atoms with Crippen molar-refractivity contribution in [2.24, 2.45) is 0 Å². The maximum Gasteiger partial charge on any atom is 0.264 e. The first-order valence-corrected chi connectivity index (χ1v) is 12.1. The molecular weight excluding hydrogens is 398 g/mol. The van der Waals surface area contributed by atoms with Crippen LogP contribution in [0, 0.1) is 0 Å². The van der Waals surface area contributed by atoms with E-state index in [1.54, 1.807) is 34.3 Å². The molecule has 0 bridgehead atoms. The number of nitrogens with zero attached hydrogens (tertiary/aromatic N) is 3. The lowest BCUT2D eigenvalue weighted by atomic mass is 10.1. The number of amides is 1. The van der Waals surface area contributed by atoms with Crippen LogP contribution in [-0.4, -0.2) is 44.4 Å². The molecule has 1 fully saturated rings. The molecule has 2 atom stereocenters. The van der Waals surface area contributed by atoms with Crippen LogP contribution in [0.25, 0.3) is 0 Å². The molecule has 0 aromatic heterocycles. The van der Waals surface area contributed by atoms with Gasteiger partial charge in [-0.25, -0.2) is 8.42 Å². The summed E-state index contributed by atoms with van der Waals surface area (Å²) in [5, 5.41) is 0. The standard InChI is InChI=1S/C23H27N3O3S/c1-16-12-19-13-21(9-10-23(19)26(16)17(2)27)30(28,29)25-15-20-7-5-11-24(20)14-18-6-3-4-8-22(18)25/h3-4,6,8-10,13,16,20H,5,7,11-12,14-15H2,1-2H3/t16-,20-/m0/s1. The molecular formula is C23H27N3O3S. The quantitative estimate of drug-likeness (QED) is 0.742. The normalized spacial score (nSPS) is 23.7. The molecule has 3 aliphatic rings. The van der Waals surface area contributed by atoms with Crippen molar-refractivity contribution in [3.05, 3.63) is 53.6 Å². The molecule has 7 heteroatoms. The van der Waals surface area contributed by atoms with Crippen molar-refractivity contribution in [3.8, 4) is 0 Å². The Balaban J connectivity index is 1.57. The van der Waals surface area contributed by atoms with E-state index < -0.39 is 10.0 Å². The van der Waals surface area contributed by atoms with Crippen LogP contribution in [0.4, 0.5) is 11.4 Å². The van der Waals surface area contributed by atoms with Crippen molar-refractivity contribution in [3.63, 3.8) is 0 Å². The van der Waals surface area contributed by atoms with Gasteiger partial charge in [0.1, 0.15) is 0 Å². The minimum atomic E-state index is -3.71. The van der Waals surface area contributed by atoms with Crippen molar-refractivity contribution in [1.82, 2.24) is 4.90 Å². The molecule has 30 heavy (non-hydrogen) atoms. The molecule has 2 aromatic carbocycles. The Kier molecular flexibility index (Phi) is 4.63. The second-order valence-electron chi connectivity index (χ2n) is 8.66. The number of benzene rings is 2. The molecule has 0 radical (unpaired) electrons. The van der Waals surface area contributed by atoms with E-state index in [9.17, 15) is 13.2 Å². The van der Waals surface area contributed by atoms with Gasteiger partial charge in [0, 0.05) is 37.8 Å². The number of sulfonamides is 1. The monoisotopic (exact) mass is 425 g/mol. The number of hydrogen-bond acceptors (Lipinski definition) is 4. The van der Waals surface area contributed by atoms with Crippen LogP contribution in [0.15, 0.2) is 47.4 Å². The first-order chi connectivity index (χ1) is 14.4. The van der Waals surface area contributed by atoms with Crippen molar-refractivity contribution in [2.45, 2.75) is 56.6 Å². The van der Waals surface area contributed by atoms with Crippen LogP contribution in [0.3, 0.4) is 0 Å². The molecule has 0 N–H and O–H groups in total. The van der Waals surface area contributed by atoms with Crippen LogP contribution >= 0.6 is 0 Å². The van der Waals surface area contributed by atoms with Crippen molar-refractivity contribution >= 4 is 27.3 Å². The third-order valence-electron chi connectivity index (χ3n) is 6.70. The van der Waals surface area contributed by atoms with Crippen LogP contribution in [0.2, 0.25) is 0 Å². The highest BCUT2D eigenvalue weighted by Crippen LogP contribution is 2.38. The van der Waals surface area contributed by atoms with E-state index in [2.05, 4.69) is 4.90 Å². The fourth-order valence-corrected chi connectivity index (χ4v) is 6.90. The summed E-state index contributed by atoms with van der Waals surface area (Å²) in [4.78, 5) is 16.5. The molecule has 0 aliphatic carbocycles. The predicted molar refractivity (Wildman–Crippen MR) is 117 cm³/mol. The van der Waals surface area contributed by atoms with E-state index in [1.807, 2.05) is 31.2 Å². The average molecular weight is 426 g/mol. The van der Waals surface area contributed by atoms with E-state index in [1.165, 1.54) is 0 Å². The fraction of sp³-hybridized carbons (Fsp3) is 0.435. The summed E-state index contributed by atoms with van der Waals surface area (Å²) in [6, 6.07) is 13.3. The van der Waals surface area contributed by atoms with Gasteiger partial charge in [-0.3, -0.25) is 14.0 Å². The van der Waals surface area contributed by atoms with Gasteiger partial charge >= 0.3 is 0 Å². The van der Waals surface area contributed by atoms with Crippen molar-refractivity contribution in [2.75, 3.05) is 22.3 Å². The summed E-state index contributed by atoms with van der Waals surface area (Å²) in [7, 11) is -3.71. The van der Waals surface area contributed by atoms with E-state index in [0.29, 0.717) is 17.9 Å². The Morgan fingerprint density at radius 3 is 2.67 bits per heavy atom. The molecule has 0 unspecified atom stereocenters. The minimum Gasteiger partial charge on any atom is -0.309 e. The zero-order valence-electron chi connectivity index (χ0n) is 17.4. The first kappa shape index (κ1) is 19.6. The van der Waals surface area contributed by atoms with Crippen LogP contribution in [-0.2, 0) is 27.8 Å². The lowest BCUT2D eigenvalue weighted by Crippen LogP contribution is -2.40. The van der Waals surface area contributed by atoms with Crippen LogP contribution in [0.1, 0.15) is 37.8 Å². The number of fused-ring (bicyclic) bond motifs is 3. The molecule has 2 aromatic rings. The molecule has 5 rings (SSSR count). The van der Waals surface area contributed by atoms with E-state index in [-0.39, 0.29) is 18.0 Å². The molecule has 3 heterocycles. The Bertz CT molecular complexity index is 1110. The number of carbonyl (C=O) groups is 1. The van der Waals surface area contributed by atoms with Crippen LogP contribution < -0.4 is 9.21 Å². The fourth-order valence-electron chi connectivity index (χ4n) is 5.31. The number of rotatable bonds is 2. The van der Waals surface area contributed by atoms with Crippen LogP contribution in [0.5, 0.6) is 0 Å². The SMILES string of the molecule is CC(=O)N1c2ccc(S(=O)(=O)N3C[C@@H]4CCCN4Cc4ccccc43)cc2C[C@@H]1C. The summed E-state index contributed by atoms with van der Waals surface area (Å²) in [5.41, 5.74) is 3.59. The lowest BCUT2D eigenvalue weighted by molar-refractivity contribution is -0.116. The highest BCUT2D eigenvalue weighted by molar-refractivity contribution is 7.92. The Labute approximate surface area is 178 Å². The van der Waals surface area contributed by atoms with Gasteiger partial charge in [0.2, 0.25) is 5.91 Å². The maximum absolute atomic E-state index is 13.8. The zero-order valence-corrected chi connectivity index (χ0v) is 18.2. The van der Waals surface area contributed by atoms with E-state index in [0.717, 1.165) is 48.4 Å². The third kappa shape index (κ3) is 3.03. The Morgan fingerprint density at radius 1 is 1.07 bits per heavy atom.